The quantitative estimate of drug-likeness (QED) is 0.565. The van der Waals surface area contributed by atoms with Gasteiger partial charge in [0.15, 0.2) is 0 Å². The van der Waals surface area contributed by atoms with Crippen molar-refractivity contribution in [1.29, 1.82) is 0 Å². The molecule has 1 aromatic rings. The maximum atomic E-state index is 5.65. The summed E-state index contributed by atoms with van der Waals surface area (Å²) in [6.45, 7) is 0. The van der Waals surface area contributed by atoms with Crippen LogP contribution in [0.5, 0.6) is 0 Å². The molecule has 0 saturated heterocycles. The van der Waals surface area contributed by atoms with Crippen LogP contribution in [0.15, 0.2) is 30.6 Å². The molecule has 0 atom stereocenters. The molecule has 1 aliphatic heterocycles. The van der Waals surface area contributed by atoms with E-state index in [2.05, 4.69) is 5.32 Å². The molecule has 0 aliphatic carbocycles. The third kappa shape index (κ3) is 1.19. The molecule has 3 N–H and O–H groups in total. The Hall–Kier alpha value is -1.70. The van der Waals surface area contributed by atoms with E-state index in [1.54, 1.807) is 0 Å². The Kier molecular flexibility index (Phi) is 1.59. The van der Waals surface area contributed by atoms with Crippen LogP contribution < -0.4 is 11.1 Å². The van der Waals surface area contributed by atoms with Gasteiger partial charge in [0.1, 0.15) is 0 Å². The summed E-state index contributed by atoms with van der Waals surface area (Å²) in [6.07, 6.45) is 7.82. The van der Waals surface area contributed by atoms with Crippen molar-refractivity contribution in [2.24, 2.45) is 0 Å². The Balaban J connectivity index is 2.58. The number of fused-ring (bicyclic) bond motifs is 1. The predicted molar refractivity (Wildman–Crippen MR) is 52.1 cm³/mol. The van der Waals surface area contributed by atoms with Crippen LogP contribution in [0.25, 0.3) is 12.2 Å². The number of hydrogen-bond acceptors (Lipinski definition) is 2. The highest BCUT2D eigenvalue weighted by Crippen LogP contribution is 2.17. The van der Waals surface area contributed by atoms with E-state index in [0.29, 0.717) is 0 Å². The minimum Gasteiger partial charge on any atom is -0.399 e. The van der Waals surface area contributed by atoms with Crippen molar-refractivity contribution in [2.45, 2.75) is 0 Å². The fourth-order valence-electron chi connectivity index (χ4n) is 1.22. The van der Waals surface area contributed by atoms with Gasteiger partial charge in [0.25, 0.3) is 0 Å². The molecule has 2 heteroatoms. The summed E-state index contributed by atoms with van der Waals surface area (Å²) in [5.74, 6) is 0. The molecule has 1 heterocycles. The summed E-state index contributed by atoms with van der Waals surface area (Å²) in [7, 11) is 0. The Morgan fingerprint density at radius 2 is 1.75 bits per heavy atom. The zero-order valence-electron chi connectivity index (χ0n) is 6.62. The zero-order valence-corrected chi connectivity index (χ0v) is 6.62. The number of nitrogens with two attached hydrogens (primary N) is 1. The molecule has 12 heavy (non-hydrogen) atoms. The lowest BCUT2D eigenvalue weighted by atomic mass is 10.1. The Labute approximate surface area is 71.4 Å². The van der Waals surface area contributed by atoms with E-state index in [-0.39, 0.29) is 0 Å². The Morgan fingerprint density at radius 3 is 2.58 bits per heavy atom. The van der Waals surface area contributed by atoms with Gasteiger partial charge in [-0.15, -0.1) is 0 Å². The highest BCUT2D eigenvalue weighted by atomic mass is 14.8. The molecule has 0 radical (unpaired) electrons. The van der Waals surface area contributed by atoms with Crippen LogP contribution in [0.1, 0.15) is 11.1 Å². The molecular weight excluding hydrogens is 148 g/mol. The normalized spacial score (nSPS) is 13.3. The van der Waals surface area contributed by atoms with Crippen LogP contribution in [0.3, 0.4) is 0 Å². The van der Waals surface area contributed by atoms with Gasteiger partial charge in [0.2, 0.25) is 0 Å². The maximum Gasteiger partial charge on any atom is 0.0320 e. The lowest BCUT2D eigenvalue weighted by Crippen LogP contribution is -1.87. The van der Waals surface area contributed by atoms with Gasteiger partial charge in [0, 0.05) is 18.1 Å². The topological polar surface area (TPSA) is 38.0 Å². The average molecular weight is 158 g/mol. The second-order valence-electron chi connectivity index (χ2n) is 2.72. The van der Waals surface area contributed by atoms with E-state index >= 15 is 0 Å². The van der Waals surface area contributed by atoms with Crippen molar-refractivity contribution in [3.63, 3.8) is 0 Å². The van der Waals surface area contributed by atoms with E-state index in [4.69, 9.17) is 5.73 Å². The van der Waals surface area contributed by atoms with Crippen LogP contribution >= 0.6 is 0 Å². The first-order valence-electron chi connectivity index (χ1n) is 3.85. The molecule has 0 bridgehead atoms. The van der Waals surface area contributed by atoms with E-state index in [9.17, 15) is 0 Å². The predicted octanol–water partition coefficient (Wildman–Crippen LogP) is 1.81. The smallest absolute Gasteiger partial charge is 0.0320 e. The second kappa shape index (κ2) is 2.74. The highest BCUT2D eigenvalue weighted by Gasteiger charge is 1.97. The molecule has 0 aromatic heterocycles. The Bertz CT molecular complexity index is 351. The van der Waals surface area contributed by atoms with Gasteiger partial charge in [-0.1, -0.05) is 6.07 Å². The maximum absolute atomic E-state index is 5.65. The average Bonchev–Trinajstić information content (AvgIpc) is 2.28. The van der Waals surface area contributed by atoms with Crippen molar-refractivity contribution in [2.75, 3.05) is 5.73 Å². The van der Waals surface area contributed by atoms with E-state index in [1.165, 1.54) is 5.56 Å². The summed E-state index contributed by atoms with van der Waals surface area (Å²) >= 11 is 0. The van der Waals surface area contributed by atoms with Crippen LogP contribution in [-0.4, -0.2) is 0 Å². The van der Waals surface area contributed by atoms with Gasteiger partial charge in [-0.05, 0) is 35.4 Å². The molecular formula is C10H10N2. The fourth-order valence-corrected chi connectivity index (χ4v) is 1.22. The molecule has 2 rings (SSSR count). The number of rotatable bonds is 0. The highest BCUT2D eigenvalue weighted by molar-refractivity contribution is 5.69. The fraction of sp³-hybridized carbons (Fsp3) is 0. The molecule has 1 aromatic carbocycles. The zero-order chi connectivity index (χ0) is 8.39. The molecule has 0 fully saturated rings. The first-order valence-corrected chi connectivity index (χ1v) is 3.85. The van der Waals surface area contributed by atoms with E-state index in [0.717, 1.165) is 11.3 Å². The van der Waals surface area contributed by atoms with Gasteiger partial charge in [0.05, 0.1) is 0 Å². The standard InChI is InChI=1S/C10H10N2/c11-10-2-1-8-3-5-12-6-4-9(8)7-10/h1-7,12H,11H2. The monoisotopic (exact) mass is 158 g/mol. The number of nitrogens with one attached hydrogen (secondary N) is 1. The molecule has 0 amide bonds. The molecule has 0 unspecified atom stereocenters. The third-order valence-corrected chi connectivity index (χ3v) is 1.83. The number of benzene rings is 1. The Morgan fingerprint density at radius 1 is 1.00 bits per heavy atom. The first-order chi connectivity index (χ1) is 5.86. The largest absolute Gasteiger partial charge is 0.399 e. The molecule has 0 spiro atoms. The summed E-state index contributed by atoms with van der Waals surface area (Å²) in [6, 6.07) is 5.88. The van der Waals surface area contributed by atoms with Gasteiger partial charge in [-0.25, -0.2) is 0 Å². The van der Waals surface area contributed by atoms with Crippen molar-refractivity contribution >= 4 is 17.8 Å². The summed E-state index contributed by atoms with van der Waals surface area (Å²) in [5.41, 5.74) is 8.79. The van der Waals surface area contributed by atoms with Crippen molar-refractivity contribution < 1.29 is 0 Å². The lowest BCUT2D eigenvalue weighted by Gasteiger charge is -2.00. The number of hydrogen-bond donors (Lipinski definition) is 2. The van der Waals surface area contributed by atoms with Crippen molar-refractivity contribution in [1.82, 2.24) is 5.32 Å². The molecule has 2 nitrogen and oxygen atoms in total. The van der Waals surface area contributed by atoms with Crippen molar-refractivity contribution in [3.8, 4) is 0 Å². The van der Waals surface area contributed by atoms with Gasteiger partial charge in [-0.3, -0.25) is 0 Å². The SMILES string of the molecule is Nc1ccc2c(c1)C=CNC=C2. The minimum absolute atomic E-state index is 0.800. The third-order valence-electron chi connectivity index (χ3n) is 1.83. The van der Waals surface area contributed by atoms with E-state index < -0.39 is 0 Å². The van der Waals surface area contributed by atoms with E-state index in [1.807, 2.05) is 42.8 Å². The summed E-state index contributed by atoms with van der Waals surface area (Å²) in [5, 5.41) is 3.01. The van der Waals surface area contributed by atoms with Crippen LogP contribution in [-0.2, 0) is 0 Å². The second-order valence-corrected chi connectivity index (χ2v) is 2.72. The first kappa shape index (κ1) is 6.98. The van der Waals surface area contributed by atoms with Crippen molar-refractivity contribution in [3.05, 3.63) is 41.7 Å². The van der Waals surface area contributed by atoms with Gasteiger partial charge in [-0.2, -0.15) is 0 Å². The molecule has 0 saturated carbocycles. The number of nitrogen functional groups attached to an aromatic ring is 1. The van der Waals surface area contributed by atoms with Crippen LogP contribution in [0, 0.1) is 0 Å². The molecule has 1 aliphatic rings. The lowest BCUT2D eigenvalue weighted by molar-refractivity contribution is 1.22. The minimum atomic E-state index is 0.800. The van der Waals surface area contributed by atoms with Gasteiger partial charge >= 0.3 is 0 Å². The molecule has 60 valence electrons. The van der Waals surface area contributed by atoms with Crippen LogP contribution in [0.4, 0.5) is 5.69 Å². The number of anilines is 1. The summed E-state index contributed by atoms with van der Waals surface area (Å²) < 4.78 is 0. The van der Waals surface area contributed by atoms with Crippen LogP contribution in [0.2, 0.25) is 0 Å². The summed E-state index contributed by atoms with van der Waals surface area (Å²) in [4.78, 5) is 0. The van der Waals surface area contributed by atoms with Gasteiger partial charge < -0.3 is 11.1 Å².